The maximum atomic E-state index is 12.4. The van der Waals surface area contributed by atoms with Gasteiger partial charge in [0.2, 0.25) is 0 Å². The predicted octanol–water partition coefficient (Wildman–Crippen LogP) is 1.91. The van der Waals surface area contributed by atoms with Gasteiger partial charge in [-0.25, -0.2) is 9.97 Å². The highest BCUT2D eigenvalue weighted by Crippen LogP contribution is 2.16. The molecule has 2 aromatic rings. The number of amides is 1. The van der Waals surface area contributed by atoms with Gasteiger partial charge in [0.15, 0.2) is 5.82 Å². The van der Waals surface area contributed by atoms with Gasteiger partial charge in [-0.3, -0.25) is 4.79 Å². The molecule has 2 rings (SSSR count). The number of aromatic nitrogens is 2. The fourth-order valence-electron chi connectivity index (χ4n) is 2.10. The minimum atomic E-state index is -0.149. The fourth-order valence-corrected chi connectivity index (χ4v) is 2.10. The van der Waals surface area contributed by atoms with E-state index in [9.17, 15) is 4.79 Å². The molecule has 21 heavy (non-hydrogen) atoms. The van der Waals surface area contributed by atoms with E-state index < -0.39 is 0 Å². The maximum absolute atomic E-state index is 12.4. The first-order chi connectivity index (χ1) is 10.2. The van der Waals surface area contributed by atoms with E-state index in [2.05, 4.69) is 9.97 Å². The molecular formula is C16H19N3O2. The zero-order chi connectivity index (χ0) is 15.2. The predicted molar refractivity (Wildman–Crippen MR) is 80.9 cm³/mol. The molecule has 0 saturated heterocycles. The van der Waals surface area contributed by atoms with Crippen LogP contribution in [0.5, 0.6) is 0 Å². The summed E-state index contributed by atoms with van der Waals surface area (Å²) in [5, 5.41) is 9.00. The molecule has 1 heterocycles. The van der Waals surface area contributed by atoms with E-state index in [0.717, 1.165) is 5.56 Å². The number of aliphatic hydroxyl groups is 1. The van der Waals surface area contributed by atoms with Crippen LogP contribution >= 0.6 is 0 Å². The molecule has 0 aliphatic heterocycles. The number of benzene rings is 1. The minimum absolute atomic E-state index is 0.0540. The first-order valence-corrected chi connectivity index (χ1v) is 6.96. The summed E-state index contributed by atoms with van der Waals surface area (Å²) < 4.78 is 0. The molecule has 0 spiro atoms. The Balaban J connectivity index is 2.29. The molecule has 0 aliphatic carbocycles. The lowest BCUT2D eigenvalue weighted by molar-refractivity contribution is 0.0730. The van der Waals surface area contributed by atoms with Crippen LogP contribution in [0.2, 0.25) is 0 Å². The summed E-state index contributed by atoms with van der Waals surface area (Å²) in [6.45, 7) is 4.48. The fraction of sp³-hybridized carbons (Fsp3) is 0.312. The largest absolute Gasteiger partial charge is 0.395 e. The van der Waals surface area contributed by atoms with Crippen LogP contribution in [0, 0.1) is 6.92 Å². The second-order valence-electron chi connectivity index (χ2n) is 4.67. The Bertz CT molecular complexity index is 614. The Hall–Kier alpha value is -2.27. The Morgan fingerprint density at radius 2 is 2.00 bits per heavy atom. The molecule has 5 heteroatoms. The van der Waals surface area contributed by atoms with Gasteiger partial charge in [0.25, 0.3) is 5.91 Å². The summed E-state index contributed by atoms with van der Waals surface area (Å²) in [4.78, 5) is 22.7. The third kappa shape index (κ3) is 3.44. The van der Waals surface area contributed by atoms with Crippen molar-refractivity contribution < 1.29 is 9.90 Å². The van der Waals surface area contributed by atoms with E-state index in [1.807, 2.05) is 37.3 Å². The number of rotatable bonds is 5. The first-order valence-electron chi connectivity index (χ1n) is 6.96. The van der Waals surface area contributed by atoms with Crippen LogP contribution in [0.25, 0.3) is 11.4 Å². The monoisotopic (exact) mass is 285 g/mol. The van der Waals surface area contributed by atoms with Gasteiger partial charge >= 0.3 is 0 Å². The number of carbonyl (C=O) groups excluding carboxylic acids is 1. The van der Waals surface area contributed by atoms with Crippen molar-refractivity contribution in [3.8, 4) is 11.4 Å². The minimum Gasteiger partial charge on any atom is -0.395 e. The summed E-state index contributed by atoms with van der Waals surface area (Å²) in [6, 6.07) is 9.64. The zero-order valence-corrected chi connectivity index (χ0v) is 12.3. The van der Waals surface area contributed by atoms with Crippen molar-refractivity contribution in [1.29, 1.82) is 0 Å². The average Bonchev–Trinajstić information content (AvgIpc) is 2.52. The van der Waals surface area contributed by atoms with E-state index in [0.29, 0.717) is 30.2 Å². The summed E-state index contributed by atoms with van der Waals surface area (Å²) in [5.41, 5.74) is 2.04. The summed E-state index contributed by atoms with van der Waals surface area (Å²) >= 11 is 0. The Morgan fingerprint density at radius 3 is 2.57 bits per heavy atom. The molecule has 0 aliphatic rings. The van der Waals surface area contributed by atoms with Gasteiger partial charge < -0.3 is 10.0 Å². The molecular weight excluding hydrogens is 266 g/mol. The second kappa shape index (κ2) is 6.95. The highest BCUT2D eigenvalue weighted by atomic mass is 16.3. The van der Waals surface area contributed by atoms with Gasteiger partial charge in [0, 0.05) is 24.8 Å². The van der Waals surface area contributed by atoms with Crippen LogP contribution in [0.1, 0.15) is 23.0 Å². The first kappa shape index (κ1) is 15.1. The van der Waals surface area contributed by atoms with Gasteiger partial charge in [-0.05, 0) is 13.8 Å². The molecule has 5 nitrogen and oxygen atoms in total. The van der Waals surface area contributed by atoms with Crippen molar-refractivity contribution in [2.24, 2.45) is 0 Å². The Morgan fingerprint density at radius 1 is 1.29 bits per heavy atom. The van der Waals surface area contributed by atoms with Crippen molar-refractivity contribution in [2.75, 3.05) is 19.7 Å². The van der Waals surface area contributed by atoms with Crippen molar-refractivity contribution in [1.82, 2.24) is 14.9 Å². The van der Waals surface area contributed by atoms with Crippen molar-refractivity contribution >= 4 is 5.91 Å². The molecule has 0 atom stereocenters. The van der Waals surface area contributed by atoms with E-state index in [1.165, 1.54) is 0 Å². The van der Waals surface area contributed by atoms with Crippen LogP contribution in [-0.2, 0) is 0 Å². The van der Waals surface area contributed by atoms with Crippen molar-refractivity contribution in [3.63, 3.8) is 0 Å². The summed E-state index contributed by atoms with van der Waals surface area (Å²) in [6.07, 6.45) is 1.56. The Labute approximate surface area is 124 Å². The van der Waals surface area contributed by atoms with E-state index in [1.54, 1.807) is 18.0 Å². The highest BCUT2D eigenvalue weighted by Gasteiger charge is 2.17. The molecule has 0 saturated carbocycles. The van der Waals surface area contributed by atoms with E-state index in [-0.39, 0.29) is 12.5 Å². The summed E-state index contributed by atoms with van der Waals surface area (Å²) in [5.74, 6) is 0.457. The number of hydrogen-bond donors (Lipinski definition) is 1. The Kier molecular flexibility index (Phi) is 5.00. The number of aryl methyl sites for hydroxylation is 1. The molecule has 1 aromatic heterocycles. The molecule has 0 radical (unpaired) electrons. The molecule has 0 unspecified atom stereocenters. The second-order valence-corrected chi connectivity index (χ2v) is 4.67. The van der Waals surface area contributed by atoms with Gasteiger partial charge in [0.05, 0.1) is 17.9 Å². The maximum Gasteiger partial charge on any atom is 0.257 e. The van der Waals surface area contributed by atoms with E-state index in [4.69, 9.17) is 5.11 Å². The van der Waals surface area contributed by atoms with Crippen molar-refractivity contribution in [3.05, 3.63) is 47.8 Å². The highest BCUT2D eigenvalue weighted by molar-refractivity contribution is 5.95. The third-order valence-corrected chi connectivity index (χ3v) is 3.28. The number of carbonyl (C=O) groups is 1. The zero-order valence-electron chi connectivity index (χ0n) is 12.3. The number of aliphatic hydroxyl groups excluding tert-OH is 1. The lowest BCUT2D eigenvalue weighted by Crippen LogP contribution is -2.34. The molecule has 1 N–H and O–H groups in total. The quantitative estimate of drug-likeness (QED) is 0.911. The van der Waals surface area contributed by atoms with Gasteiger partial charge in [0.1, 0.15) is 0 Å². The normalized spacial score (nSPS) is 10.4. The standard InChI is InChI=1S/C16H19N3O2/c1-3-19(9-10-20)16(21)14-11-17-15(18-12(14)2)13-7-5-4-6-8-13/h4-8,11,20H,3,9-10H2,1-2H3. The van der Waals surface area contributed by atoms with E-state index >= 15 is 0 Å². The smallest absolute Gasteiger partial charge is 0.257 e. The van der Waals surface area contributed by atoms with Gasteiger partial charge in [-0.1, -0.05) is 30.3 Å². The summed E-state index contributed by atoms with van der Waals surface area (Å²) in [7, 11) is 0. The SMILES string of the molecule is CCN(CCO)C(=O)c1cnc(-c2ccccc2)nc1C. The van der Waals surface area contributed by atoms with Crippen LogP contribution in [0.3, 0.4) is 0 Å². The average molecular weight is 285 g/mol. The number of nitrogens with zero attached hydrogens (tertiary/aromatic N) is 3. The lowest BCUT2D eigenvalue weighted by Gasteiger charge is -2.20. The third-order valence-electron chi connectivity index (χ3n) is 3.28. The van der Waals surface area contributed by atoms with Crippen LogP contribution in [-0.4, -0.2) is 45.6 Å². The van der Waals surface area contributed by atoms with Crippen molar-refractivity contribution in [2.45, 2.75) is 13.8 Å². The van der Waals surface area contributed by atoms with Crippen LogP contribution in [0.4, 0.5) is 0 Å². The molecule has 1 amide bonds. The molecule has 0 fully saturated rings. The molecule has 110 valence electrons. The van der Waals surface area contributed by atoms with Crippen LogP contribution < -0.4 is 0 Å². The van der Waals surface area contributed by atoms with Gasteiger partial charge in [-0.2, -0.15) is 0 Å². The number of likely N-dealkylation sites (N-methyl/N-ethyl adjacent to an activating group) is 1. The van der Waals surface area contributed by atoms with Gasteiger partial charge in [-0.15, -0.1) is 0 Å². The molecule has 0 bridgehead atoms. The topological polar surface area (TPSA) is 66.3 Å². The number of hydrogen-bond acceptors (Lipinski definition) is 4. The lowest BCUT2D eigenvalue weighted by atomic mass is 10.1. The molecule has 1 aromatic carbocycles. The van der Waals surface area contributed by atoms with Crippen LogP contribution in [0.15, 0.2) is 36.5 Å².